The van der Waals surface area contributed by atoms with Crippen molar-refractivity contribution in [3.05, 3.63) is 40.0 Å². The first-order valence-electron chi connectivity index (χ1n) is 6.13. The molecule has 1 saturated heterocycles. The first kappa shape index (κ1) is 14.0. The van der Waals surface area contributed by atoms with E-state index in [2.05, 4.69) is 4.98 Å². The normalized spacial score (nSPS) is 21.2. The molecule has 1 aromatic heterocycles. The number of aromatic nitrogens is 1. The van der Waals surface area contributed by atoms with Crippen LogP contribution in [-0.2, 0) is 9.31 Å². The van der Waals surface area contributed by atoms with Gasteiger partial charge in [0.25, 0.3) is 5.56 Å². The predicted octanol–water partition coefficient (Wildman–Crippen LogP) is 2.16. The minimum atomic E-state index is -0.548. The fourth-order valence-corrected chi connectivity index (χ4v) is 1.75. The number of pyridine rings is 1. The Labute approximate surface area is 111 Å². The third kappa shape index (κ3) is 2.79. The molecule has 102 valence electrons. The van der Waals surface area contributed by atoms with Gasteiger partial charge < -0.3 is 14.3 Å². The lowest BCUT2D eigenvalue weighted by Crippen LogP contribution is -2.41. The first-order valence-corrected chi connectivity index (χ1v) is 6.13. The zero-order valence-electron chi connectivity index (χ0n) is 11.5. The molecule has 0 radical (unpaired) electrons. The molecule has 0 amide bonds. The van der Waals surface area contributed by atoms with Crippen LogP contribution in [0.25, 0.3) is 6.08 Å². The van der Waals surface area contributed by atoms with Gasteiger partial charge in [0.1, 0.15) is 5.82 Å². The van der Waals surface area contributed by atoms with Crippen molar-refractivity contribution in [3.8, 4) is 0 Å². The van der Waals surface area contributed by atoms with Gasteiger partial charge in [-0.3, -0.25) is 4.79 Å². The number of aromatic amines is 1. The van der Waals surface area contributed by atoms with E-state index in [-0.39, 0.29) is 11.1 Å². The number of halogens is 1. The Morgan fingerprint density at radius 1 is 1.26 bits per heavy atom. The molecule has 0 atom stereocenters. The van der Waals surface area contributed by atoms with E-state index < -0.39 is 24.1 Å². The van der Waals surface area contributed by atoms with Gasteiger partial charge in [-0.2, -0.15) is 0 Å². The highest BCUT2D eigenvalue weighted by molar-refractivity contribution is 6.52. The van der Waals surface area contributed by atoms with E-state index in [4.69, 9.17) is 9.31 Å². The molecule has 0 unspecified atom stereocenters. The van der Waals surface area contributed by atoms with Crippen molar-refractivity contribution in [1.82, 2.24) is 4.98 Å². The van der Waals surface area contributed by atoms with E-state index in [0.29, 0.717) is 0 Å². The van der Waals surface area contributed by atoms with Crippen LogP contribution >= 0.6 is 0 Å². The zero-order valence-corrected chi connectivity index (χ0v) is 11.5. The topological polar surface area (TPSA) is 51.3 Å². The van der Waals surface area contributed by atoms with Gasteiger partial charge >= 0.3 is 7.12 Å². The molecule has 1 aliphatic rings. The Bertz CT molecular complexity index is 549. The molecule has 6 heteroatoms. The Kier molecular flexibility index (Phi) is 3.41. The molecule has 0 saturated carbocycles. The SMILES string of the molecule is CC1(C)OB(/C=C/c2cc(F)c[nH]c2=O)OC1(C)C. The summed E-state index contributed by atoms with van der Waals surface area (Å²) in [6.07, 6.45) is 2.53. The smallest absolute Gasteiger partial charge is 0.400 e. The lowest BCUT2D eigenvalue weighted by Gasteiger charge is -2.32. The maximum absolute atomic E-state index is 13.0. The summed E-state index contributed by atoms with van der Waals surface area (Å²) in [6.45, 7) is 7.76. The highest BCUT2D eigenvalue weighted by Gasteiger charge is 2.49. The number of rotatable bonds is 2. The highest BCUT2D eigenvalue weighted by Crippen LogP contribution is 2.36. The molecule has 1 aliphatic heterocycles. The summed E-state index contributed by atoms with van der Waals surface area (Å²) in [5.41, 5.74) is -0.990. The van der Waals surface area contributed by atoms with Crippen molar-refractivity contribution in [1.29, 1.82) is 0 Å². The van der Waals surface area contributed by atoms with Gasteiger partial charge in [0.15, 0.2) is 0 Å². The zero-order chi connectivity index (χ0) is 14.3. The van der Waals surface area contributed by atoms with Gasteiger partial charge in [-0.15, -0.1) is 0 Å². The minimum absolute atomic E-state index is 0.231. The molecular weight excluding hydrogens is 248 g/mol. The van der Waals surface area contributed by atoms with E-state index in [0.717, 1.165) is 6.20 Å². The summed E-state index contributed by atoms with van der Waals surface area (Å²) in [5.74, 6) is 1.12. The van der Waals surface area contributed by atoms with E-state index in [1.807, 2.05) is 27.7 Å². The van der Waals surface area contributed by atoms with E-state index in [1.165, 1.54) is 12.1 Å². The molecule has 0 bridgehead atoms. The summed E-state index contributed by atoms with van der Waals surface area (Å²) >= 11 is 0. The van der Waals surface area contributed by atoms with Crippen LogP contribution in [0.3, 0.4) is 0 Å². The van der Waals surface area contributed by atoms with Crippen LogP contribution in [0.5, 0.6) is 0 Å². The first-order chi connectivity index (χ1) is 8.71. The van der Waals surface area contributed by atoms with E-state index >= 15 is 0 Å². The molecule has 19 heavy (non-hydrogen) atoms. The maximum atomic E-state index is 13.0. The number of nitrogens with one attached hydrogen (secondary N) is 1. The van der Waals surface area contributed by atoms with E-state index in [9.17, 15) is 9.18 Å². The van der Waals surface area contributed by atoms with Gasteiger partial charge in [0, 0.05) is 11.8 Å². The van der Waals surface area contributed by atoms with Crippen LogP contribution in [0.1, 0.15) is 33.3 Å². The Balaban J connectivity index is 2.17. The largest absolute Gasteiger partial charge is 0.487 e. The molecule has 1 aromatic rings. The number of hydrogen-bond acceptors (Lipinski definition) is 3. The summed E-state index contributed by atoms with van der Waals surface area (Å²) in [4.78, 5) is 13.8. The van der Waals surface area contributed by atoms with Crippen molar-refractivity contribution < 1.29 is 13.7 Å². The molecule has 1 fully saturated rings. The quantitative estimate of drug-likeness (QED) is 0.833. The maximum Gasteiger partial charge on any atom is 0.487 e. The van der Waals surface area contributed by atoms with Crippen LogP contribution in [0.2, 0.25) is 0 Å². The minimum Gasteiger partial charge on any atom is -0.400 e. The number of hydrogen-bond donors (Lipinski definition) is 1. The van der Waals surface area contributed by atoms with Crippen molar-refractivity contribution in [3.63, 3.8) is 0 Å². The lowest BCUT2D eigenvalue weighted by molar-refractivity contribution is 0.00578. The highest BCUT2D eigenvalue weighted by atomic mass is 19.1. The third-order valence-corrected chi connectivity index (χ3v) is 3.60. The van der Waals surface area contributed by atoms with Crippen molar-refractivity contribution in [2.45, 2.75) is 38.9 Å². The van der Waals surface area contributed by atoms with Crippen molar-refractivity contribution in [2.75, 3.05) is 0 Å². The summed E-state index contributed by atoms with van der Waals surface area (Å²) < 4.78 is 24.5. The van der Waals surface area contributed by atoms with Crippen LogP contribution in [-0.4, -0.2) is 23.3 Å². The van der Waals surface area contributed by atoms with Crippen molar-refractivity contribution >= 4 is 13.2 Å². The fourth-order valence-electron chi connectivity index (χ4n) is 1.75. The molecular formula is C13H17BFNO3. The number of H-pyrrole nitrogens is 1. The average molecular weight is 265 g/mol. The van der Waals surface area contributed by atoms with Crippen LogP contribution in [0, 0.1) is 5.82 Å². The Hall–Kier alpha value is -1.40. The van der Waals surface area contributed by atoms with Crippen LogP contribution in [0.15, 0.2) is 23.0 Å². The second-order valence-electron chi connectivity index (χ2n) is 5.59. The molecule has 2 rings (SSSR count). The second-order valence-corrected chi connectivity index (χ2v) is 5.59. The van der Waals surface area contributed by atoms with Crippen molar-refractivity contribution in [2.24, 2.45) is 0 Å². The second kappa shape index (κ2) is 4.61. The third-order valence-electron chi connectivity index (χ3n) is 3.60. The van der Waals surface area contributed by atoms with Gasteiger partial charge in [-0.1, -0.05) is 12.1 Å². The summed E-state index contributed by atoms with van der Waals surface area (Å²) in [6, 6.07) is 1.17. The molecule has 4 nitrogen and oxygen atoms in total. The van der Waals surface area contributed by atoms with Gasteiger partial charge in [0.05, 0.1) is 11.2 Å². The summed E-state index contributed by atoms with van der Waals surface area (Å²) in [5, 5.41) is 0. The fraction of sp³-hybridized carbons (Fsp3) is 0.462. The molecule has 2 heterocycles. The van der Waals surface area contributed by atoms with Crippen LogP contribution < -0.4 is 5.56 Å². The standard InChI is InChI=1S/C13H17BFNO3/c1-12(2)13(3,4)19-14(18-12)6-5-9-7-10(15)8-16-11(9)17/h5-8H,1-4H3,(H,16,17)/b6-5+. The predicted molar refractivity (Wildman–Crippen MR) is 72.1 cm³/mol. The Morgan fingerprint density at radius 2 is 1.84 bits per heavy atom. The lowest BCUT2D eigenvalue weighted by atomic mass is 9.89. The molecule has 0 spiro atoms. The van der Waals surface area contributed by atoms with Gasteiger partial charge in [0.2, 0.25) is 0 Å². The van der Waals surface area contributed by atoms with Gasteiger partial charge in [-0.25, -0.2) is 4.39 Å². The molecule has 1 N–H and O–H groups in total. The van der Waals surface area contributed by atoms with Gasteiger partial charge in [-0.05, 0) is 33.8 Å². The summed E-state index contributed by atoms with van der Waals surface area (Å²) in [7, 11) is -0.548. The van der Waals surface area contributed by atoms with E-state index in [1.54, 1.807) is 5.98 Å². The molecule has 0 aromatic carbocycles. The average Bonchev–Trinajstić information content (AvgIpc) is 2.49. The molecule has 0 aliphatic carbocycles. The Morgan fingerprint density at radius 3 is 2.42 bits per heavy atom. The van der Waals surface area contributed by atoms with Crippen LogP contribution in [0.4, 0.5) is 4.39 Å². The monoisotopic (exact) mass is 265 g/mol.